The molecule has 0 spiro atoms. The molecule has 136 valence electrons. The maximum atomic E-state index is 12.4. The summed E-state index contributed by atoms with van der Waals surface area (Å²) in [6, 6.07) is 8.06. The van der Waals surface area contributed by atoms with E-state index in [9.17, 15) is 9.59 Å². The van der Waals surface area contributed by atoms with E-state index in [1.54, 1.807) is 19.9 Å². The van der Waals surface area contributed by atoms with Gasteiger partial charge in [0, 0.05) is 29.9 Å². The van der Waals surface area contributed by atoms with Crippen LogP contribution in [0.5, 0.6) is 0 Å². The van der Waals surface area contributed by atoms with Gasteiger partial charge >= 0.3 is 5.97 Å². The number of aromatic nitrogens is 1. The van der Waals surface area contributed by atoms with Crippen molar-refractivity contribution in [2.24, 2.45) is 0 Å². The van der Waals surface area contributed by atoms with Gasteiger partial charge in [0.2, 0.25) is 0 Å². The molecule has 0 aliphatic carbocycles. The zero-order valence-corrected chi connectivity index (χ0v) is 15.6. The lowest BCUT2D eigenvalue weighted by molar-refractivity contribution is -0.117. The van der Waals surface area contributed by atoms with Gasteiger partial charge in [0.15, 0.2) is 12.4 Å². The van der Waals surface area contributed by atoms with E-state index in [1.165, 1.54) is 0 Å². The van der Waals surface area contributed by atoms with Crippen LogP contribution in [0.4, 0.5) is 5.69 Å². The molecule has 6 heteroatoms. The smallest absolute Gasteiger partial charge is 0.344 e. The number of anilines is 1. The second-order valence-corrected chi connectivity index (χ2v) is 6.97. The Hall–Kier alpha value is -2.89. The quantitative estimate of drug-likeness (QED) is 0.619. The van der Waals surface area contributed by atoms with Gasteiger partial charge in [0.05, 0.1) is 5.69 Å². The maximum Gasteiger partial charge on any atom is 0.344 e. The van der Waals surface area contributed by atoms with Gasteiger partial charge in [0.1, 0.15) is 11.3 Å². The molecular formula is C20H22N2O4. The molecule has 0 amide bonds. The lowest BCUT2D eigenvalue weighted by Gasteiger charge is -2.23. The average Bonchev–Trinajstić information content (AvgIpc) is 3.03. The van der Waals surface area contributed by atoms with Crippen molar-refractivity contribution in [3.8, 4) is 0 Å². The third kappa shape index (κ3) is 2.92. The van der Waals surface area contributed by atoms with Crippen LogP contribution in [-0.2, 0) is 14.9 Å². The Morgan fingerprint density at radius 1 is 1.27 bits per heavy atom. The van der Waals surface area contributed by atoms with Crippen LogP contribution >= 0.6 is 0 Å². The summed E-state index contributed by atoms with van der Waals surface area (Å²) in [4.78, 5) is 26.6. The molecule has 2 heterocycles. The number of likely N-dealkylation sites (N-methyl/N-ethyl adjacent to an activating group) is 1. The standard InChI is InChI=1S/C20H22N2O4/c1-12-18(13(2)26-21-12)19(24)25-11-14(23)10-17-20(3,4)15-8-6-7-9-16(15)22(17)5/h6-10H,11H2,1-5H3/b17-10+. The predicted octanol–water partition coefficient (Wildman–Crippen LogP) is 3.33. The first-order valence-electron chi connectivity index (χ1n) is 8.41. The van der Waals surface area contributed by atoms with Crippen molar-refractivity contribution in [2.75, 3.05) is 18.6 Å². The number of fused-ring (bicyclic) bond motifs is 1. The van der Waals surface area contributed by atoms with E-state index in [4.69, 9.17) is 9.26 Å². The lowest BCUT2D eigenvalue weighted by Crippen LogP contribution is -2.25. The number of carbonyl (C=O) groups is 2. The Bertz CT molecular complexity index is 889. The fourth-order valence-corrected chi connectivity index (χ4v) is 3.44. The number of para-hydroxylation sites is 1. The fraction of sp³-hybridized carbons (Fsp3) is 0.350. The Morgan fingerprint density at radius 2 is 1.96 bits per heavy atom. The van der Waals surface area contributed by atoms with Crippen molar-refractivity contribution < 1.29 is 18.8 Å². The van der Waals surface area contributed by atoms with Crippen LogP contribution in [0, 0.1) is 13.8 Å². The number of hydrogen-bond donors (Lipinski definition) is 0. The number of aryl methyl sites for hydroxylation is 2. The van der Waals surface area contributed by atoms with Gasteiger partial charge in [-0.15, -0.1) is 0 Å². The molecule has 0 radical (unpaired) electrons. The fourth-order valence-electron chi connectivity index (χ4n) is 3.44. The summed E-state index contributed by atoms with van der Waals surface area (Å²) >= 11 is 0. The molecule has 0 N–H and O–H groups in total. The van der Waals surface area contributed by atoms with Crippen molar-refractivity contribution in [3.05, 3.63) is 58.6 Å². The number of ketones is 1. The van der Waals surface area contributed by atoms with Gasteiger partial charge in [-0.1, -0.05) is 37.2 Å². The summed E-state index contributed by atoms with van der Waals surface area (Å²) < 4.78 is 10.1. The molecule has 0 saturated heterocycles. The molecule has 0 atom stereocenters. The number of nitrogens with zero attached hydrogens (tertiary/aromatic N) is 2. The number of allylic oxidation sites excluding steroid dienone is 1. The molecule has 26 heavy (non-hydrogen) atoms. The molecule has 1 aliphatic rings. The molecule has 0 fully saturated rings. The molecule has 0 saturated carbocycles. The van der Waals surface area contributed by atoms with E-state index < -0.39 is 5.97 Å². The summed E-state index contributed by atoms with van der Waals surface area (Å²) in [5, 5.41) is 3.72. The number of hydrogen-bond acceptors (Lipinski definition) is 6. The number of benzene rings is 1. The van der Waals surface area contributed by atoms with E-state index in [-0.39, 0.29) is 23.4 Å². The highest BCUT2D eigenvalue weighted by atomic mass is 16.5. The van der Waals surface area contributed by atoms with Crippen molar-refractivity contribution in [1.29, 1.82) is 0 Å². The zero-order chi connectivity index (χ0) is 19.1. The SMILES string of the molecule is Cc1noc(C)c1C(=O)OCC(=O)/C=C1/N(C)c2ccccc2C1(C)C. The van der Waals surface area contributed by atoms with Gasteiger partial charge in [-0.2, -0.15) is 0 Å². The van der Waals surface area contributed by atoms with Crippen molar-refractivity contribution in [3.63, 3.8) is 0 Å². The third-order valence-corrected chi connectivity index (χ3v) is 4.82. The van der Waals surface area contributed by atoms with Crippen molar-refractivity contribution in [2.45, 2.75) is 33.1 Å². The highest BCUT2D eigenvalue weighted by Crippen LogP contribution is 2.46. The van der Waals surface area contributed by atoms with Gasteiger partial charge in [-0.25, -0.2) is 4.79 Å². The van der Waals surface area contributed by atoms with Gasteiger partial charge in [-0.3, -0.25) is 4.79 Å². The minimum Gasteiger partial charge on any atom is -0.454 e. The van der Waals surface area contributed by atoms with Crippen LogP contribution in [-0.4, -0.2) is 30.6 Å². The number of ether oxygens (including phenoxy) is 1. The van der Waals surface area contributed by atoms with Crippen molar-refractivity contribution >= 4 is 17.4 Å². The summed E-state index contributed by atoms with van der Waals surface area (Å²) in [7, 11) is 1.93. The normalized spacial score (nSPS) is 16.7. The molecule has 1 aromatic carbocycles. The van der Waals surface area contributed by atoms with Crippen LogP contribution in [0.1, 0.15) is 41.2 Å². The third-order valence-electron chi connectivity index (χ3n) is 4.82. The Balaban J connectivity index is 1.75. The van der Waals surface area contributed by atoms with Crippen LogP contribution in [0.2, 0.25) is 0 Å². The Morgan fingerprint density at radius 3 is 2.58 bits per heavy atom. The molecule has 6 nitrogen and oxygen atoms in total. The summed E-state index contributed by atoms with van der Waals surface area (Å²) in [5.74, 6) is -0.492. The summed E-state index contributed by atoms with van der Waals surface area (Å²) in [6.07, 6.45) is 1.56. The van der Waals surface area contributed by atoms with E-state index in [0.29, 0.717) is 11.5 Å². The van der Waals surface area contributed by atoms with Crippen molar-refractivity contribution in [1.82, 2.24) is 5.16 Å². The van der Waals surface area contributed by atoms with Gasteiger partial charge in [-0.05, 0) is 25.5 Å². The predicted molar refractivity (Wildman–Crippen MR) is 97.2 cm³/mol. The Labute approximate surface area is 152 Å². The van der Waals surface area contributed by atoms with Gasteiger partial charge < -0.3 is 14.2 Å². The molecular weight excluding hydrogens is 332 g/mol. The minimum absolute atomic E-state index is 0.271. The summed E-state index contributed by atoms with van der Waals surface area (Å²) in [5.41, 5.74) is 3.53. The first-order chi connectivity index (χ1) is 12.2. The van der Waals surface area contributed by atoms with Crippen LogP contribution in [0.3, 0.4) is 0 Å². The highest BCUT2D eigenvalue weighted by molar-refractivity contribution is 5.97. The largest absolute Gasteiger partial charge is 0.454 e. The first-order valence-corrected chi connectivity index (χ1v) is 8.41. The first kappa shape index (κ1) is 17.9. The zero-order valence-electron chi connectivity index (χ0n) is 15.6. The second kappa shape index (κ2) is 6.44. The number of esters is 1. The molecule has 0 bridgehead atoms. The number of rotatable bonds is 4. The lowest BCUT2D eigenvalue weighted by atomic mass is 9.83. The molecule has 0 unspecified atom stereocenters. The highest BCUT2D eigenvalue weighted by Gasteiger charge is 2.38. The van der Waals surface area contributed by atoms with Crippen LogP contribution in [0.15, 0.2) is 40.6 Å². The molecule has 3 rings (SSSR count). The van der Waals surface area contributed by atoms with Crippen LogP contribution in [0.25, 0.3) is 0 Å². The molecule has 1 aromatic heterocycles. The monoisotopic (exact) mass is 354 g/mol. The van der Waals surface area contributed by atoms with Crippen LogP contribution < -0.4 is 4.90 Å². The van der Waals surface area contributed by atoms with Gasteiger partial charge in [0.25, 0.3) is 0 Å². The minimum atomic E-state index is -0.602. The van der Waals surface area contributed by atoms with E-state index in [1.807, 2.05) is 30.1 Å². The van der Waals surface area contributed by atoms with E-state index >= 15 is 0 Å². The Kier molecular flexibility index (Phi) is 4.44. The van der Waals surface area contributed by atoms with E-state index in [2.05, 4.69) is 25.1 Å². The topological polar surface area (TPSA) is 72.6 Å². The maximum absolute atomic E-state index is 12.4. The molecule has 1 aliphatic heterocycles. The average molecular weight is 354 g/mol. The number of carbonyl (C=O) groups excluding carboxylic acids is 2. The molecule has 2 aromatic rings. The second-order valence-electron chi connectivity index (χ2n) is 6.97. The van der Waals surface area contributed by atoms with E-state index in [0.717, 1.165) is 16.9 Å². The summed E-state index contributed by atoms with van der Waals surface area (Å²) in [6.45, 7) is 7.11.